The van der Waals surface area contributed by atoms with Gasteiger partial charge in [-0.25, -0.2) is 0 Å². The molecular formula is C17H18ClN. The molecule has 0 aliphatic heterocycles. The second-order valence-corrected chi connectivity index (χ2v) is 5.69. The maximum Gasteiger partial charge on any atom is 0.0542 e. The van der Waals surface area contributed by atoms with Crippen molar-refractivity contribution in [2.45, 2.75) is 25.8 Å². The third-order valence-electron chi connectivity index (χ3n) is 3.83. The molecule has 1 fully saturated rings. The Hall–Kier alpha value is -1.47. The Labute approximate surface area is 119 Å². The van der Waals surface area contributed by atoms with Gasteiger partial charge in [0.05, 0.1) is 6.04 Å². The van der Waals surface area contributed by atoms with E-state index >= 15 is 0 Å². The molecule has 2 aromatic rings. The summed E-state index contributed by atoms with van der Waals surface area (Å²) in [5.74, 6) is 0.751. The largest absolute Gasteiger partial charge is 0.378 e. The highest BCUT2D eigenvalue weighted by Gasteiger charge is 2.32. The van der Waals surface area contributed by atoms with Crippen LogP contribution in [0, 0.1) is 12.8 Å². The Morgan fingerprint density at radius 2 is 1.79 bits per heavy atom. The molecular weight excluding hydrogens is 254 g/mol. The Morgan fingerprint density at radius 3 is 2.47 bits per heavy atom. The number of nitrogens with one attached hydrogen (secondary N) is 1. The summed E-state index contributed by atoms with van der Waals surface area (Å²) in [4.78, 5) is 0. The summed E-state index contributed by atoms with van der Waals surface area (Å²) < 4.78 is 0. The van der Waals surface area contributed by atoms with Crippen LogP contribution in [-0.4, -0.2) is 0 Å². The van der Waals surface area contributed by atoms with Crippen LogP contribution in [0.15, 0.2) is 48.5 Å². The van der Waals surface area contributed by atoms with Crippen LogP contribution in [-0.2, 0) is 0 Å². The minimum Gasteiger partial charge on any atom is -0.378 e. The Bertz CT molecular complexity index is 561. The maximum absolute atomic E-state index is 6.20. The molecule has 0 spiro atoms. The number of hydrogen-bond donors (Lipinski definition) is 1. The topological polar surface area (TPSA) is 12.0 Å². The quantitative estimate of drug-likeness (QED) is 0.805. The number of anilines is 1. The summed E-state index contributed by atoms with van der Waals surface area (Å²) in [6.45, 7) is 2.07. The Balaban J connectivity index is 1.88. The van der Waals surface area contributed by atoms with E-state index in [4.69, 9.17) is 11.6 Å². The number of benzene rings is 2. The van der Waals surface area contributed by atoms with Crippen molar-refractivity contribution in [1.29, 1.82) is 0 Å². The van der Waals surface area contributed by atoms with Gasteiger partial charge in [-0.2, -0.15) is 0 Å². The first kappa shape index (κ1) is 12.6. The summed E-state index contributed by atoms with van der Waals surface area (Å²) in [6, 6.07) is 17.2. The average Bonchev–Trinajstić information content (AvgIpc) is 3.26. The summed E-state index contributed by atoms with van der Waals surface area (Å²) in [5.41, 5.74) is 3.64. The standard InChI is InChI=1S/C17H18ClN/c1-12-15(18)8-5-9-16(12)19-17(14-10-11-14)13-6-3-2-4-7-13/h2-9,14,17,19H,10-11H2,1H3. The SMILES string of the molecule is Cc1c(Cl)cccc1NC(c1ccccc1)C1CC1. The van der Waals surface area contributed by atoms with Gasteiger partial charge in [-0.3, -0.25) is 0 Å². The molecule has 1 saturated carbocycles. The Morgan fingerprint density at radius 1 is 1.05 bits per heavy atom. The third-order valence-corrected chi connectivity index (χ3v) is 4.24. The van der Waals surface area contributed by atoms with Gasteiger partial charge in [0.25, 0.3) is 0 Å². The van der Waals surface area contributed by atoms with Gasteiger partial charge in [-0.05, 0) is 48.9 Å². The van der Waals surface area contributed by atoms with Crippen LogP contribution >= 0.6 is 11.6 Å². The first-order chi connectivity index (χ1) is 9.25. The smallest absolute Gasteiger partial charge is 0.0542 e. The molecule has 1 aliphatic carbocycles. The molecule has 3 rings (SSSR count). The summed E-state index contributed by atoms with van der Waals surface area (Å²) in [6.07, 6.45) is 2.62. The van der Waals surface area contributed by atoms with E-state index in [0.29, 0.717) is 6.04 Å². The second-order valence-electron chi connectivity index (χ2n) is 5.28. The molecule has 1 N–H and O–H groups in total. The van der Waals surface area contributed by atoms with Gasteiger partial charge in [0.2, 0.25) is 0 Å². The lowest BCUT2D eigenvalue weighted by atomic mass is 10.0. The van der Waals surface area contributed by atoms with Gasteiger partial charge in [0.15, 0.2) is 0 Å². The van der Waals surface area contributed by atoms with E-state index in [1.807, 2.05) is 12.1 Å². The Kier molecular flexibility index (Phi) is 3.48. The van der Waals surface area contributed by atoms with Crippen LogP contribution in [0.1, 0.15) is 30.0 Å². The lowest BCUT2D eigenvalue weighted by Gasteiger charge is -2.21. The van der Waals surface area contributed by atoms with E-state index in [2.05, 4.69) is 48.6 Å². The molecule has 0 aromatic heterocycles. The van der Waals surface area contributed by atoms with Crippen molar-refractivity contribution in [3.63, 3.8) is 0 Å². The summed E-state index contributed by atoms with van der Waals surface area (Å²) in [5, 5.41) is 4.51. The van der Waals surface area contributed by atoms with Crippen molar-refractivity contribution in [2.75, 3.05) is 5.32 Å². The zero-order valence-electron chi connectivity index (χ0n) is 11.1. The van der Waals surface area contributed by atoms with Crippen molar-refractivity contribution < 1.29 is 0 Å². The molecule has 1 nitrogen and oxygen atoms in total. The average molecular weight is 272 g/mol. The van der Waals surface area contributed by atoms with Gasteiger partial charge in [-0.1, -0.05) is 48.0 Å². The van der Waals surface area contributed by atoms with Crippen molar-refractivity contribution in [3.05, 3.63) is 64.7 Å². The van der Waals surface area contributed by atoms with Crippen LogP contribution in [0.5, 0.6) is 0 Å². The van der Waals surface area contributed by atoms with Crippen LogP contribution in [0.25, 0.3) is 0 Å². The highest BCUT2D eigenvalue weighted by molar-refractivity contribution is 6.31. The normalized spacial score (nSPS) is 16.1. The van der Waals surface area contributed by atoms with Crippen molar-refractivity contribution >= 4 is 17.3 Å². The molecule has 1 unspecified atom stereocenters. The molecule has 0 saturated heterocycles. The predicted molar refractivity (Wildman–Crippen MR) is 81.7 cm³/mol. The molecule has 0 heterocycles. The second kappa shape index (κ2) is 5.26. The van der Waals surface area contributed by atoms with E-state index in [9.17, 15) is 0 Å². The molecule has 0 bridgehead atoms. The van der Waals surface area contributed by atoms with E-state index in [-0.39, 0.29) is 0 Å². The van der Waals surface area contributed by atoms with E-state index < -0.39 is 0 Å². The predicted octanol–water partition coefficient (Wildman–Crippen LogP) is 5.21. The van der Waals surface area contributed by atoms with Gasteiger partial charge in [0.1, 0.15) is 0 Å². The minimum atomic E-state index is 0.401. The van der Waals surface area contributed by atoms with Crippen LogP contribution in [0.3, 0.4) is 0 Å². The first-order valence-corrected chi connectivity index (χ1v) is 7.20. The monoisotopic (exact) mass is 271 g/mol. The number of hydrogen-bond acceptors (Lipinski definition) is 1. The maximum atomic E-state index is 6.20. The van der Waals surface area contributed by atoms with E-state index in [1.54, 1.807) is 0 Å². The van der Waals surface area contributed by atoms with Gasteiger partial charge < -0.3 is 5.32 Å². The zero-order valence-corrected chi connectivity index (χ0v) is 11.8. The van der Waals surface area contributed by atoms with Crippen molar-refractivity contribution in [2.24, 2.45) is 5.92 Å². The van der Waals surface area contributed by atoms with Gasteiger partial charge in [0, 0.05) is 10.7 Å². The molecule has 2 aromatic carbocycles. The highest BCUT2D eigenvalue weighted by Crippen LogP contribution is 2.43. The van der Waals surface area contributed by atoms with Crippen LogP contribution in [0.2, 0.25) is 5.02 Å². The van der Waals surface area contributed by atoms with E-state index in [0.717, 1.165) is 22.2 Å². The molecule has 1 atom stereocenters. The van der Waals surface area contributed by atoms with Gasteiger partial charge >= 0.3 is 0 Å². The fourth-order valence-corrected chi connectivity index (χ4v) is 2.67. The molecule has 19 heavy (non-hydrogen) atoms. The molecule has 2 heteroatoms. The molecule has 98 valence electrons. The summed E-state index contributed by atoms with van der Waals surface area (Å²) >= 11 is 6.20. The lowest BCUT2D eigenvalue weighted by molar-refractivity contribution is 0.678. The number of rotatable bonds is 4. The minimum absolute atomic E-state index is 0.401. The van der Waals surface area contributed by atoms with Crippen molar-refractivity contribution in [1.82, 2.24) is 0 Å². The molecule has 1 aliphatic rings. The molecule has 0 radical (unpaired) electrons. The summed E-state index contributed by atoms with van der Waals surface area (Å²) in [7, 11) is 0. The number of halogens is 1. The van der Waals surface area contributed by atoms with E-state index in [1.165, 1.54) is 18.4 Å². The van der Waals surface area contributed by atoms with Crippen LogP contribution in [0.4, 0.5) is 5.69 Å². The highest BCUT2D eigenvalue weighted by atomic mass is 35.5. The first-order valence-electron chi connectivity index (χ1n) is 6.82. The van der Waals surface area contributed by atoms with Crippen LogP contribution < -0.4 is 5.32 Å². The lowest BCUT2D eigenvalue weighted by Crippen LogP contribution is -2.13. The van der Waals surface area contributed by atoms with Gasteiger partial charge in [-0.15, -0.1) is 0 Å². The zero-order chi connectivity index (χ0) is 13.2. The fourth-order valence-electron chi connectivity index (χ4n) is 2.49. The molecule has 0 amide bonds. The van der Waals surface area contributed by atoms with Crippen molar-refractivity contribution in [3.8, 4) is 0 Å². The third kappa shape index (κ3) is 2.76. The fraction of sp³-hybridized carbons (Fsp3) is 0.294.